The standard InChI is InChI=1S/C18H19NO2/c1-2-6-13(7-3-1)11-21-18-17-15-9-5-4-8-14(15)12-20-16(17)10-19-18/h1-9,16-19H,10-12H2. The smallest absolute Gasteiger partial charge is 0.118 e. The van der Waals surface area contributed by atoms with E-state index in [0.29, 0.717) is 19.1 Å². The highest BCUT2D eigenvalue weighted by atomic mass is 16.5. The zero-order valence-corrected chi connectivity index (χ0v) is 11.9. The Morgan fingerprint density at radius 3 is 2.76 bits per heavy atom. The summed E-state index contributed by atoms with van der Waals surface area (Å²) in [6.07, 6.45) is 0.248. The van der Waals surface area contributed by atoms with Crippen molar-refractivity contribution in [2.75, 3.05) is 6.54 Å². The molecule has 2 aliphatic heterocycles. The molecule has 2 aromatic rings. The summed E-state index contributed by atoms with van der Waals surface area (Å²) in [5.41, 5.74) is 3.86. The molecule has 21 heavy (non-hydrogen) atoms. The largest absolute Gasteiger partial charge is 0.371 e. The monoisotopic (exact) mass is 281 g/mol. The zero-order chi connectivity index (χ0) is 14.1. The Morgan fingerprint density at radius 1 is 1.05 bits per heavy atom. The van der Waals surface area contributed by atoms with Gasteiger partial charge >= 0.3 is 0 Å². The lowest BCUT2D eigenvalue weighted by Gasteiger charge is -2.31. The van der Waals surface area contributed by atoms with Crippen LogP contribution in [-0.4, -0.2) is 18.9 Å². The molecule has 2 heterocycles. The van der Waals surface area contributed by atoms with E-state index >= 15 is 0 Å². The van der Waals surface area contributed by atoms with Crippen LogP contribution in [-0.2, 0) is 22.7 Å². The molecule has 0 radical (unpaired) electrons. The van der Waals surface area contributed by atoms with Crippen molar-refractivity contribution in [1.29, 1.82) is 0 Å². The zero-order valence-electron chi connectivity index (χ0n) is 11.9. The summed E-state index contributed by atoms with van der Waals surface area (Å²) in [6, 6.07) is 18.8. The molecule has 1 saturated heterocycles. The van der Waals surface area contributed by atoms with Gasteiger partial charge in [0.2, 0.25) is 0 Å². The fraction of sp³-hybridized carbons (Fsp3) is 0.333. The van der Waals surface area contributed by atoms with Gasteiger partial charge in [0.15, 0.2) is 0 Å². The van der Waals surface area contributed by atoms with Crippen molar-refractivity contribution >= 4 is 0 Å². The lowest BCUT2D eigenvalue weighted by atomic mass is 9.88. The highest BCUT2D eigenvalue weighted by molar-refractivity contribution is 5.34. The van der Waals surface area contributed by atoms with E-state index in [2.05, 4.69) is 41.7 Å². The molecular formula is C18H19NO2. The number of benzene rings is 2. The van der Waals surface area contributed by atoms with Crippen molar-refractivity contribution in [3.63, 3.8) is 0 Å². The van der Waals surface area contributed by atoms with Gasteiger partial charge in [0.1, 0.15) is 6.23 Å². The molecule has 1 fully saturated rings. The number of hydrogen-bond donors (Lipinski definition) is 1. The number of hydrogen-bond acceptors (Lipinski definition) is 3. The maximum absolute atomic E-state index is 6.12. The summed E-state index contributed by atoms with van der Waals surface area (Å²) < 4.78 is 12.1. The van der Waals surface area contributed by atoms with E-state index in [1.165, 1.54) is 16.7 Å². The molecule has 3 atom stereocenters. The predicted octanol–water partition coefficient (Wildman–Crippen LogP) is 2.82. The average Bonchev–Trinajstić information content (AvgIpc) is 2.97. The molecular weight excluding hydrogens is 262 g/mol. The third kappa shape index (κ3) is 2.48. The molecule has 2 aliphatic rings. The summed E-state index contributed by atoms with van der Waals surface area (Å²) in [7, 11) is 0. The van der Waals surface area contributed by atoms with Crippen LogP contribution in [0.4, 0.5) is 0 Å². The van der Waals surface area contributed by atoms with E-state index in [0.717, 1.165) is 6.54 Å². The van der Waals surface area contributed by atoms with Gasteiger partial charge in [-0.05, 0) is 16.7 Å². The second kappa shape index (κ2) is 5.60. The lowest BCUT2D eigenvalue weighted by Crippen LogP contribution is -2.32. The Bertz CT molecular complexity index is 614. The molecule has 0 bridgehead atoms. The fourth-order valence-corrected chi connectivity index (χ4v) is 3.32. The lowest BCUT2D eigenvalue weighted by molar-refractivity contribution is -0.0223. The van der Waals surface area contributed by atoms with Crippen LogP contribution in [0.15, 0.2) is 54.6 Å². The van der Waals surface area contributed by atoms with E-state index < -0.39 is 0 Å². The number of ether oxygens (including phenoxy) is 2. The van der Waals surface area contributed by atoms with Crippen molar-refractivity contribution in [3.8, 4) is 0 Å². The molecule has 3 heteroatoms. The van der Waals surface area contributed by atoms with Gasteiger partial charge in [0.05, 0.1) is 25.2 Å². The minimum Gasteiger partial charge on any atom is -0.371 e. The highest BCUT2D eigenvalue weighted by Gasteiger charge is 2.41. The van der Waals surface area contributed by atoms with E-state index in [9.17, 15) is 0 Å². The first-order valence-corrected chi connectivity index (χ1v) is 7.50. The first kappa shape index (κ1) is 13.0. The average molecular weight is 281 g/mol. The van der Waals surface area contributed by atoms with Crippen LogP contribution in [0.3, 0.4) is 0 Å². The normalized spacial score (nSPS) is 27.1. The Morgan fingerprint density at radius 2 is 1.86 bits per heavy atom. The van der Waals surface area contributed by atoms with Crippen LogP contribution < -0.4 is 5.32 Å². The number of nitrogens with one attached hydrogen (secondary N) is 1. The van der Waals surface area contributed by atoms with Gasteiger partial charge in [0.25, 0.3) is 0 Å². The van der Waals surface area contributed by atoms with Gasteiger partial charge in [-0.2, -0.15) is 0 Å². The van der Waals surface area contributed by atoms with Gasteiger partial charge in [-0.3, -0.25) is 5.32 Å². The van der Waals surface area contributed by atoms with Gasteiger partial charge in [-0.15, -0.1) is 0 Å². The topological polar surface area (TPSA) is 30.5 Å². The van der Waals surface area contributed by atoms with E-state index in [1.54, 1.807) is 0 Å². The highest BCUT2D eigenvalue weighted by Crippen LogP contribution is 2.37. The SMILES string of the molecule is c1ccc(COC2NCC3OCc4ccccc4C32)cc1. The van der Waals surface area contributed by atoms with Crippen LogP contribution in [0, 0.1) is 0 Å². The molecule has 0 aromatic heterocycles. The molecule has 1 N–H and O–H groups in total. The molecule has 0 saturated carbocycles. The van der Waals surface area contributed by atoms with E-state index in [-0.39, 0.29) is 12.3 Å². The van der Waals surface area contributed by atoms with Crippen molar-refractivity contribution in [1.82, 2.24) is 5.32 Å². The van der Waals surface area contributed by atoms with Gasteiger partial charge in [0, 0.05) is 6.54 Å². The minimum absolute atomic E-state index is 0.0247. The molecule has 0 amide bonds. The van der Waals surface area contributed by atoms with Gasteiger partial charge in [-0.1, -0.05) is 54.6 Å². The summed E-state index contributed by atoms with van der Waals surface area (Å²) >= 11 is 0. The maximum Gasteiger partial charge on any atom is 0.118 e. The predicted molar refractivity (Wildman–Crippen MR) is 80.8 cm³/mol. The van der Waals surface area contributed by atoms with Crippen LogP contribution in [0.1, 0.15) is 22.6 Å². The maximum atomic E-state index is 6.12. The Balaban J connectivity index is 1.53. The third-order valence-corrected chi connectivity index (χ3v) is 4.39. The van der Waals surface area contributed by atoms with E-state index in [1.807, 2.05) is 18.2 Å². The van der Waals surface area contributed by atoms with Crippen LogP contribution in [0.25, 0.3) is 0 Å². The van der Waals surface area contributed by atoms with Crippen LogP contribution in [0.2, 0.25) is 0 Å². The van der Waals surface area contributed by atoms with Crippen LogP contribution >= 0.6 is 0 Å². The summed E-state index contributed by atoms with van der Waals surface area (Å²) in [5, 5.41) is 3.46. The summed E-state index contributed by atoms with van der Waals surface area (Å²) in [4.78, 5) is 0. The molecule has 0 aliphatic carbocycles. The molecule has 108 valence electrons. The van der Waals surface area contributed by atoms with Crippen molar-refractivity contribution < 1.29 is 9.47 Å². The molecule has 2 aromatic carbocycles. The Kier molecular flexibility index (Phi) is 3.47. The molecule has 0 spiro atoms. The second-order valence-electron chi connectivity index (χ2n) is 5.70. The van der Waals surface area contributed by atoms with Crippen molar-refractivity contribution in [3.05, 3.63) is 71.3 Å². The summed E-state index contributed by atoms with van der Waals surface area (Å²) in [5.74, 6) is 0.290. The number of rotatable bonds is 3. The third-order valence-electron chi connectivity index (χ3n) is 4.39. The van der Waals surface area contributed by atoms with E-state index in [4.69, 9.17) is 9.47 Å². The Hall–Kier alpha value is -1.68. The fourth-order valence-electron chi connectivity index (χ4n) is 3.32. The Labute approximate surface area is 124 Å². The quantitative estimate of drug-likeness (QED) is 0.938. The molecule has 4 rings (SSSR count). The number of fused-ring (bicyclic) bond motifs is 3. The first-order chi connectivity index (χ1) is 10.4. The molecule has 3 unspecified atom stereocenters. The summed E-state index contributed by atoms with van der Waals surface area (Å²) in [6.45, 7) is 2.20. The van der Waals surface area contributed by atoms with Gasteiger partial charge in [-0.25, -0.2) is 0 Å². The van der Waals surface area contributed by atoms with Gasteiger partial charge < -0.3 is 9.47 Å². The minimum atomic E-state index is 0.0247. The van der Waals surface area contributed by atoms with Crippen molar-refractivity contribution in [2.24, 2.45) is 0 Å². The second-order valence-corrected chi connectivity index (χ2v) is 5.70. The van der Waals surface area contributed by atoms with Crippen molar-refractivity contribution in [2.45, 2.75) is 31.5 Å². The first-order valence-electron chi connectivity index (χ1n) is 7.50. The van der Waals surface area contributed by atoms with Crippen LogP contribution in [0.5, 0.6) is 0 Å². The molecule has 3 nitrogen and oxygen atoms in total.